The Bertz CT molecular complexity index is 802. The lowest BCUT2D eigenvalue weighted by Gasteiger charge is -2.14. The smallest absolute Gasteiger partial charge is 0.267 e. The second-order valence-electron chi connectivity index (χ2n) is 5.15. The Kier molecular flexibility index (Phi) is 6.66. The molecule has 0 fully saturated rings. The highest BCUT2D eigenvalue weighted by Crippen LogP contribution is 2.23. The first-order valence-corrected chi connectivity index (χ1v) is 8.64. The van der Waals surface area contributed by atoms with E-state index >= 15 is 0 Å². The Hall–Kier alpha value is -2.72. The molecule has 0 aliphatic carbocycles. The summed E-state index contributed by atoms with van der Waals surface area (Å²) in [5, 5.41) is 14.9. The third kappa shape index (κ3) is 4.88. The summed E-state index contributed by atoms with van der Waals surface area (Å²) < 4.78 is 0.739. The fraction of sp³-hybridized carbons (Fsp3) is 0.222. The Morgan fingerprint density at radius 2 is 1.84 bits per heavy atom. The van der Waals surface area contributed by atoms with Gasteiger partial charge in [-0.2, -0.15) is 5.26 Å². The van der Waals surface area contributed by atoms with E-state index in [9.17, 15) is 10.1 Å². The normalized spacial score (nSPS) is 10.9. The molecule has 0 saturated heterocycles. The van der Waals surface area contributed by atoms with Crippen LogP contribution in [0.5, 0.6) is 0 Å². The number of rotatable bonds is 6. The van der Waals surface area contributed by atoms with E-state index in [1.54, 1.807) is 12.4 Å². The molecule has 0 bridgehead atoms. The highest BCUT2D eigenvalue weighted by Gasteiger charge is 2.14. The largest absolute Gasteiger partial charge is 0.329 e. The molecule has 1 aromatic heterocycles. The van der Waals surface area contributed by atoms with Crippen molar-refractivity contribution in [3.05, 3.63) is 58.0 Å². The van der Waals surface area contributed by atoms with Crippen LogP contribution in [-0.2, 0) is 17.6 Å². The van der Waals surface area contributed by atoms with Crippen molar-refractivity contribution in [3.8, 4) is 6.07 Å². The third-order valence-corrected chi connectivity index (χ3v) is 3.98. The van der Waals surface area contributed by atoms with E-state index in [4.69, 9.17) is 0 Å². The number of hydrogen-bond acceptors (Lipinski definition) is 5. The van der Waals surface area contributed by atoms with Crippen LogP contribution in [0.2, 0.25) is 0 Å². The Morgan fingerprint density at radius 1 is 1.24 bits per heavy atom. The van der Waals surface area contributed by atoms with Gasteiger partial charge >= 0.3 is 0 Å². The number of carbonyl (C=O) groups is 1. The van der Waals surface area contributed by atoms with E-state index in [2.05, 4.69) is 36.5 Å². The van der Waals surface area contributed by atoms with Gasteiger partial charge in [0, 0.05) is 24.3 Å². The predicted molar refractivity (Wildman–Crippen MR) is 101 cm³/mol. The number of nitriles is 1. The molecule has 1 heterocycles. The van der Waals surface area contributed by atoms with Crippen LogP contribution in [0.4, 0.5) is 11.6 Å². The Morgan fingerprint density at radius 3 is 2.36 bits per heavy atom. The molecule has 25 heavy (non-hydrogen) atoms. The molecule has 0 radical (unpaired) electrons. The summed E-state index contributed by atoms with van der Waals surface area (Å²) in [6.07, 6.45) is 6.03. The zero-order chi connectivity index (χ0) is 18.2. The number of carbonyl (C=O) groups excluding carboxylic acids is 1. The van der Waals surface area contributed by atoms with E-state index in [1.165, 1.54) is 6.20 Å². The Balaban J connectivity index is 2.19. The maximum Gasteiger partial charge on any atom is 0.267 e. The number of amides is 1. The summed E-state index contributed by atoms with van der Waals surface area (Å²) >= 11 is 3.24. The maximum atomic E-state index is 12.5. The van der Waals surface area contributed by atoms with Gasteiger partial charge in [0.1, 0.15) is 11.6 Å². The van der Waals surface area contributed by atoms with E-state index in [-0.39, 0.29) is 5.57 Å². The lowest BCUT2D eigenvalue weighted by atomic mass is 10.0. The number of aromatic nitrogens is 2. The molecule has 128 valence electrons. The summed E-state index contributed by atoms with van der Waals surface area (Å²) in [6.45, 7) is 4.05. The fourth-order valence-electron chi connectivity index (χ4n) is 2.26. The topological polar surface area (TPSA) is 90.7 Å². The number of benzene rings is 1. The molecular weight excluding hydrogens is 382 g/mol. The van der Waals surface area contributed by atoms with Gasteiger partial charge in [0.15, 0.2) is 0 Å². The number of halogens is 1. The van der Waals surface area contributed by atoms with Crippen molar-refractivity contribution in [1.82, 2.24) is 9.97 Å². The highest BCUT2D eigenvalue weighted by molar-refractivity contribution is 9.10. The Labute approximate surface area is 155 Å². The van der Waals surface area contributed by atoms with Gasteiger partial charge in [0.2, 0.25) is 5.95 Å². The van der Waals surface area contributed by atoms with Crippen LogP contribution in [0.15, 0.2) is 46.8 Å². The molecule has 1 aromatic carbocycles. The van der Waals surface area contributed by atoms with Crippen LogP contribution < -0.4 is 10.6 Å². The van der Waals surface area contributed by atoms with Crippen LogP contribution >= 0.6 is 15.9 Å². The van der Waals surface area contributed by atoms with Crippen molar-refractivity contribution in [2.24, 2.45) is 0 Å². The first kappa shape index (κ1) is 18.6. The molecular formula is C18H18BrN5O. The summed E-state index contributed by atoms with van der Waals surface area (Å²) in [7, 11) is 0. The SMILES string of the molecule is CCc1cccc(CC)c1NC(=O)/C(C#N)=C\Nc1ncc(Br)cn1. The predicted octanol–water partition coefficient (Wildman–Crippen LogP) is 3.82. The van der Waals surface area contributed by atoms with E-state index in [1.807, 2.05) is 38.1 Å². The van der Waals surface area contributed by atoms with E-state index < -0.39 is 5.91 Å². The summed E-state index contributed by atoms with van der Waals surface area (Å²) in [6, 6.07) is 7.81. The van der Waals surface area contributed by atoms with Crippen LogP contribution in [0.25, 0.3) is 0 Å². The lowest BCUT2D eigenvalue weighted by Crippen LogP contribution is -2.17. The summed E-state index contributed by atoms with van der Waals surface area (Å²) in [5.41, 5.74) is 2.79. The first-order valence-electron chi connectivity index (χ1n) is 7.85. The minimum absolute atomic E-state index is 0.0560. The van der Waals surface area contributed by atoms with E-state index in [0.29, 0.717) is 5.95 Å². The molecule has 0 atom stereocenters. The van der Waals surface area contributed by atoms with Gasteiger partial charge in [-0.3, -0.25) is 4.79 Å². The molecule has 2 N–H and O–H groups in total. The maximum absolute atomic E-state index is 12.5. The fourth-order valence-corrected chi connectivity index (χ4v) is 2.46. The molecule has 7 heteroatoms. The molecule has 0 aliphatic heterocycles. The number of nitrogens with zero attached hydrogens (tertiary/aromatic N) is 3. The molecule has 2 rings (SSSR count). The molecule has 0 saturated carbocycles. The molecule has 1 amide bonds. The van der Waals surface area contributed by atoms with Gasteiger partial charge in [-0.05, 0) is 39.9 Å². The minimum atomic E-state index is -0.470. The van der Waals surface area contributed by atoms with Gasteiger partial charge in [-0.1, -0.05) is 32.0 Å². The lowest BCUT2D eigenvalue weighted by molar-refractivity contribution is -0.112. The van der Waals surface area contributed by atoms with Crippen molar-refractivity contribution in [2.75, 3.05) is 10.6 Å². The van der Waals surface area contributed by atoms with E-state index in [0.717, 1.165) is 34.1 Å². The standard InChI is InChI=1S/C18H18BrN5O/c1-3-12-6-5-7-13(4-2)16(12)24-17(25)14(8-20)9-21-18-22-10-15(19)11-23-18/h5-7,9-11H,3-4H2,1-2H3,(H,24,25)(H,21,22,23)/b14-9-. The molecule has 0 spiro atoms. The number of anilines is 2. The minimum Gasteiger partial charge on any atom is -0.329 e. The highest BCUT2D eigenvalue weighted by atomic mass is 79.9. The third-order valence-electron chi connectivity index (χ3n) is 3.57. The molecule has 0 unspecified atom stereocenters. The van der Waals surface area contributed by atoms with Gasteiger partial charge in [-0.25, -0.2) is 9.97 Å². The second kappa shape index (κ2) is 8.94. The van der Waals surface area contributed by atoms with Crippen molar-refractivity contribution < 1.29 is 4.79 Å². The average molecular weight is 400 g/mol. The van der Waals surface area contributed by atoms with Crippen molar-refractivity contribution in [2.45, 2.75) is 26.7 Å². The van der Waals surface area contributed by atoms with Gasteiger partial charge in [-0.15, -0.1) is 0 Å². The van der Waals surface area contributed by atoms with Crippen LogP contribution in [0.1, 0.15) is 25.0 Å². The first-order chi connectivity index (χ1) is 12.1. The number of aryl methyl sites for hydroxylation is 2. The van der Waals surface area contributed by atoms with Crippen LogP contribution in [0, 0.1) is 11.3 Å². The van der Waals surface area contributed by atoms with Crippen LogP contribution in [-0.4, -0.2) is 15.9 Å². The quantitative estimate of drug-likeness (QED) is 0.568. The van der Waals surface area contributed by atoms with Gasteiger partial charge < -0.3 is 10.6 Å². The molecule has 6 nitrogen and oxygen atoms in total. The number of hydrogen-bond donors (Lipinski definition) is 2. The summed E-state index contributed by atoms with van der Waals surface area (Å²) in [5.74, 6) is -0.172. The van der Waals surface area contributed by atoms with Crippen molar-refractivity contribution in [3.63, 3.8) is 0 Å². The van der Waals surface area contributed by atoms with Gasteiger partial charge in [0.25, 0.3) is 5.91 Å². The monoisotopic (exact) mass is 399 g/mol. The van der Waals surface area contributed by atoms with Crippen molar-refractivity contribution in [1.29, 1.82) is 5.26 Å². The average Bonchev–Trinajstić information content (AvgIpc) is 2.63. The van der Waals surface area contributed by atoms with Crippen molar-refractivity contribution >= 4 is 33.5 Å². The number of para-hydroxylation sites is 1. The zero-order valence-corrected chi connectivity index (χ0v) is 15.6. The molecule has 0 aliphatic rings. The zero-order valence-electron chi connectivity index (χ0n) is 14.0. The van der Waals surface area contributed by atoms with Gasteiger partial charge in [0.05, 0.1) is 4.47 Å². The number of nitrogens with one attached hydrogen (secondary N) is 2. The van der Waals surface area contributed by atoms with Crippen LogP contribution in [0.3, 0.4) is 0 Å². The molecule has 2 aromatic rings. The summed E-state index contributed by atoms with van der Waals surface area (Å²) in [4.78, 5) is 20.5. The second-order valence-corrected chi connectivity index (χ2v) is 6.07.